The van der Waals surface area contributed by atoms with E-state index in [0.717, 1.165) is 46.6 Å². The number of likely N-dealkylation sites (tertiary alicyclic amines) is 1. The van der Waals surface area contributed by atoms with E-state index in [1.165, 1.54) is 12.7 Å². The highest BCUT2D eigenvalue weighted by atomic mass is 32.2. The first-order valence-electron chi connectivity index (χ1n) is 11.1. The van der Waals surface area contributed by atoms with Gasteiger partial charge in [0.05, 0.1) is 29.9 Å². The van der Waals surface area contributed by atoms with Gasteiger partial charge in [0.2, 0.25) is 0 Å². The topological polar surface area (TPSA) is 62.4 Å². The summed E-state index contributed by atoms with van der Waals surface area (Å²) < 4.78 is 18.1. The average molecular weight is 449 g/mol. The lowest BCUT2D eigenvalue weighted by atomic mass is 9.68. The average Bonchev–Trinajstić information content (AvgIpc) is 3.23. The third-order valence-electron chi connectivity index (χ3n) is 7.00. The lowest BCUT2D eigenvalue weighted by Crippen LogP contribution is -2.46. The van der Waals surface area contributed by atoms with Crippen LogP contribution in [0.2, 0.25) is 0 Å². The van der Waals surface area contributed by atoms with Crippen LogP contribution in [-0.2, 0) is 20.3 Å². The number of carbonyl (C=O) groups excluding carboxylic acids is 1. The fourth-order valence-corrected chi connectivity index (χ4v) is 6.57. The van der Waals surface area contributed by atoms with E-state index in [0.29, 0.717) is 5.75 Å². The summed E-state index contributed by atoms with van der Waals surface area (Å²) in [5, 5.41) is 1.10. The smallest absolute Gasteiger partial charge is 0.313 e. The number of H-pyrrole nitrogens is 1. The molecule has 4 atom stereocenters. The van der Waals surface area contributed by atoms with E-state index in [-0.39, 0.29) is 23.8 Å². The van der Waals surface area contributed by atoms with Gasteiger partial charge in [0.1, 0.15) is 0 Å². The maximum atomic E-state index is 13.0. The van der Waals surface area contributed by atoms with Crippen molar-refractivity contribution in [3.05, 3.63) is 77.5 Å². The molecule has 2 aliphatic rings. The highest BCUT2D eigenvalue weighted by Crippen LogP contribution is 2.52. The minimum absolute atomic E-state index is 0.125. The van der Waals surface area contributed by atoms with Crippen molar-refractivity contribution < 1.29 is 13.7 Å². The highest BCUT2D eigenvalue weighted by Gasteiger charge is 2.48. The van der Waals surface area contributed by atoms with Gasteiger partial charge in [-0.05, 0) is 37.1 Å². The molecule has 1 fully saturated rings. The third kappa shape index (κ3) is 3.51. The number of nitrogens with zero attached hydrogens (tertiary/aromatic N) is 1. The molecule has 1 N–H and O–H groups in total. The monoisotopic (exact) mass is 448 g/mol. The molecule has 32 heavy (non-hydrogen) atoms. The normalized spacial score (nSPS) is 24.9. The summed E-state index contributed by atoms with van der Waals surface area (Å²) in [5.41, 5.74) is 4.49. The number of nitrogens with one attached hydrogen (secondary N) is 1. The van der Waals surface area contributed by atoms with Crippen molar-refractivity contribution in [3.63, 3.8) is 0 Å². The molecule has 166 valence electrons. The van der Waals surface area contributed by atoms with Crippen molar-refractivity contribution in [2.24, 2.45) is 5.92 Å². The van der Waals surface area contributed by atoms with Gasteiger partial charge in [-0.2, -0.15) is 0 Å². The number of aromatic amines is 1. The van der Waals surface area contributed by atoms with Gasteiger partial charge < -0.3 is 9.72 Å². The van der Waals surface area contributed by atoms with E-state index in [9.17, 15) is 9.00 Å². The Kier molecular flexibility index (Phi) is 5.74. The molecular formula is C26H28N2O3S. The Labute approximate surface area is 190 Å². The predicted octanol–water partition coefficient (Wildman–Crippen LogP) is 4.56. The number of benzene rings is 2. The first-order valence-corrected chi connectivity index (χ1v) is 12.4. The van der Waals surface area contributed by atoms with Crippen molar-refractivity contribution in [1.82, 2.24) is 9.88 Å². The van der Waals surface area contributed by atoms with Gasteiger partial charge in [0.25, 0.3) is 0 Å². The molecule has 0 saturated carbocycles. The predicted molar refractivity (Wildman–Crippen MR) is 127 cm³/mol. The second-order valence-electron chi connectivity index (χ2n) is 8.55. The van der Waals surface area contributed by atoms with Crippen molar-refractivity contribution in [3.8, 4) is 0 Å². The van der Waals surface area contributed by atoms with E-state index < -0.39 is 10.8 Å². The number of piperidine rings is 1. The Morgan fingerprint density at radius 1 is 1.19 bits per heavy atom. The zero-order chi connectivity index (χ0) is 22.2. The second kappa shape index (κ2) is 8.68. The number of methoxy groups -OCH3 is 1. The summed E-state index contributed by atoms with van der Waals surface area (Å²) in [6.07, 6.45) is 3.01. The van der Waals surface area contributed by atoms with Crippen molar-refractivity contribution >= 4 is 27.7 Å². The Balaban J connectivity index is 1.53. The van der Waals surface area contributed by atoms with E-state index in [1.54, 1.807) is 0 Å². The molecule has 1 aromatic heterocycles. The quantitative estimate of drug-likeness (QED) is 0.459. The summed E-state index contributed by atoms with van der Waals surface area (Å²) in [4.78, 5) is 19.9. The Hall–Kier alpha value is -2.70. The number of para-hydroxylation sites is 1. The van der Waals surface area contributed by atoms with E-state index in [1.807, 2.05) is 42.5 Å². The van der Waals surface area contributed by atoms with E-state index in [4.69, 9.17) is 4.74 Å². The van der Waals surface area contributed by atoms with Crippen molar-refractivity contribution in [1.29, 1.82) is 0 Å². The van der Waals surface area contributed by atoms with Crippen molar-refractivity contribution in [2.45, 2.75) is 30.2 Å². The number of aromatic nitrogens is 1. The third-order valence-corrected chi connectivity index (χ3v) is 8.35. The van der Waals surface area contributed by atoms with Crippen LogP contribution in [0, 0.1) is 5.92 Å². The fourth-order valence-electron chi connectivity index (χ4n) is 5.48. The molecule has 2 heterocycles. The molecule has 1 unspecified atom stereocenters. The molecule has 1 aliphatic carbocycles. The first-order chi connectivity index (χ1) is 15.6. The maximum Gasteiger partial charge on any atom is 0.313 e. The zero-order valence-corrected chi connectivity index (χ0v) is 19.2. The molecule has 3 aromatic rings. The molecule has 2 aromatic carbocycles. The van der Waals surface area contributed by atoms with Gasteiger partial charge in [-0.25, -0.2) is 0 Å². The summed E-state index contributed by atoms with van der Waals surface area (Å²) in [5.74, 6) is 0.240. The van der Waals surface area contributed by atoms with Gasteiger partial charge in [0, 0.05) is 46.3 Å². The number of hydrogen-bond acceptors (Lipinski definition) is 4. The minimum atomic E-state index is -1.04. The lowest BCUT2D eigenvalue weighted by molar-refractivity contribution is -0.144. The summed E-state index contributed by atoms with van der Waals surface area (Å²) in [6, 6.07) is 18.0. The van der Waals surface area contributed by atoms with Crippen LogP contribution in [-0.4, -0.2) is 46.0 Å². The number of ether oxygens (including phenoxy) is 1. The number of carbonyl (C=O) groups is 1. The highest BCUT2D eigenvalue weighted by molar-refractivity contribution is 7.85. The number of hydrogen-bond donors (Lipinski definition) is 1. The van der Waals surface area contributed by atoms with Crippen LogP contribution in [0.4, 0.5) is 0 Å². The van der Waals surface area contributed by atoms with Gasteiger partial charge in [0.15, 0.2) is 0 Å². The molecule has 1 aliphatic heterocycles. The van der Waals surface area contributed by atoms with Gasteiger partial charge >= 0.3 is 5.97 Å². The molecule has 5 nitrogen and oxygen atoms in total. The van der Waals surface area contributed by atoms with Gasteiger partial charge in [-0.3, -0.25) is 13.9 Å². The molecule has 6 heteroatoms. The molecule has 1 saturated heterocycles. The second-order valence-corrected chi connectivity index (χ2v) is 10.1. The van der Waals surface area contributed by atoms with Crippen LogP contribution in [0.5, 0.6) is 0 Å². The number of esters is 1. The molecule has 2 bridgehead atoms. The van der Waals surface area contributed by atoms with Crippen LogP contribution in [0.3, 0.4) is 0 Å². The van der Waals surface area contributed by atoms with Crippen LogP contribution >= 0.6 is 0 Å². The SMILES string of the molecule is C/C=C1/CN(CCS(=O)c2ccccc2)[C@@H]2C[C@H]1[C@@H](C(=O)OC)c1c2[nH]c2ccccc12. The van der Waals surface area contributed by atoms with Crippen molar-refractivity contribution in [2.75, 3.05) is 26.0 Å². The fraction of sp³-hybridized carbons (Fsp3) is 0.346. The number of allylic oxidation sites excluding steroid dienone is 1. The Bertz CT molecular complexity index is 1200. The molecule has 0 spiro atoms. The van der Waals surface area contributed by atoms with Crippen LogP contribution in [0.25, 0.3) is 10.9 Å². The number of rotatable bonds is 5. The zero-order valence-electron chi connectivity index (χ0n) is 18.4. The number of fused-ring (bicyclic) bond motifs is 6. The molecule has 5 rings (SSSR count). The summed E-state index contributed by atoms with van der Waals surface area (Å²) >= 11 is 0. The summed E-state index contributed by atoms with van der Waals surface area (Å²) in [7, 11) is 0.439. The summed E-state index contributed by atoms with van der Waals surface area (Å²) in [6.45, 7) is 3.56. The standard InChI is InChI=1S/C26H28N2O3S/c1-3-17-16-28(13-14-32(30)18-9-5-4-6-10-18)22-15-20(17)24(26(29)31-2)23-19-11-7-8-12-21(19)27-25(22)23/h3-12,20,22,24,27H,13-16H2,1-2H3/b17-3-/t20-,22-,24-,32?/m1/s1. The maximum absolute atomic E-state index is 13.0. The van der Waals surface area contributed by atoms with Gasteiger partial charge in [-0.15, -0.1) is 0 Å². The van der Waals surface area contributed by atoms with E-state index >= 15 is 0 Å². The van der Waals surface area contributed by atoms with Crippen LogP contribution < -0.4 is 0 Å². The largest absolute Gasteiger partial charge is 0.469 e. The molecule has 0 amide bonds. The van der Waals surface area contributed by atoms with Gasteiger partial charge in [-0.1, -0.05) is 48.0 Å². The minimum Gasteiger partial charge on any atom is -0.469 e. The van der Waals surface area contributed by atoms with E-state index in [2.05, 4.69) is 35.0 Å². The lowest BCUT2D eigenvalue weighted by Gasteiger charge is -2.47. The first kappa shape index (κ1) is 21.2. The van der Waals surface area contributed by atoms with Crippen LogP contribution in [0.1, 0.15) is 36.6 Å². The molecule has 0 radical (unpaired) electrons. The molecular weight excluding hydrogens is 420 g/mol. The Morgan fingerprint density at radius 3 is 2.69 bits per heavy atom. The Morgan fingerprint density at radius 2 is 1.94 bits per heavy atom. The van der Waals surface area contributed by atoms with Crippen LogP contribution in [0.15, 0.2) is 71.1 Å².